The molecule has 3 aromatic carbocycles. The fourth-order valence-electron chi connectivity index (χ4n) is 6.00. The van der Waals surface area contributed by atoms with Gasteiger partial charge >= 0.3 is 0 Å². The minimum atomic E-state index is -0.264. The maximum absolute atomic E-state index is 6.85. The highest BCUT2D eigenvalue weighted by molar-refractivity contribution is 5.77. The fourth-order valence-corrected chi connectivity index (χ4v) is 6.00. The Morgan fingerprint density at radius 2 is 1.37 bits per heavy atom. The van der Waals surface area contributed by atoms with E-state index >= 15 is 0 Å². The normalized spacial score (nSPS) is 13.9. The summed E-state index contributed by atoms with van der Waals surface area (Å²) in [5.74, 6) is 2.22. The number of rotatable bonds is 8. The number of nitrogens with one attached hydrogen (secondary N) is 1. The Hall–Kier alpha value is -4.15. The SMILES string of the molecule is CN.Cc1cc(C)c(C(NC2=C(C(C)C)CC=CC=C2C(C)C)c2nc(-c3ccccc3)c(-c3ccccc3)o2)c(C)c1. The third-order valence-corrected chi connectivity index (χ3v) is 7.97. The molecule has 0 aliphatic heterocycles. The van der Waals surface area contributed by atoms with Crippen LogP contribution in [0.4, 0.5) is 0 Å². The first-order chi connectivity index (χ1) is 20.7. The Balaban J connectivity index is 0.00000207. The van der Waals surface area contributed by atoms with E-state index in [0.717, 1.165) is 29.0 Å². The fraction of sp³-hybridized carbons (Fsp3) is 0.308. The molecular weight excluding hydrogens is 526 g/mol. The number of allylic oxidation sites excluding steroid dienone is 5. The molecule has 0 saturated heterocycles. The van der Waals surface area contributed by atoms with E-state index in [1.165, 1.54) is 46.1 Å². The first-order valence-corrected chi connectivity index (χ1v) is 15.4. The first kappa shape index (κ1) is 31.8. The van der Waals surface area contributed by atoms with Crippen LogP contribution in [0, 0.1) is 32.6 Å². The summed E-state index contributed by atoms with van der Waals surface area (Å²) in [4.78, 5) is 5.28. The Kier molecular flexibility index (Phi) is 10.6. The first-order valence-electron chi connectivity index (χ1n) is 15.4. The van der Waals surface area contributed by atoms with Gasteiger partial charge in [-0.05, 0) is 73.9 Å². The highest BCUT2D eigenvalue weighted by Gasteiger charge is 2.30. The van der Waals surface area contributed by atoms with Gasteiger partial charge in [-0.3, -0.25) is 0 Å². The Bertz CT molecular complexity index is 1520. The van der Waals surface area contributed by atoms with Gasteiger partial charge in [-0.15, -0.1) is 0 Å². The van der Waals surface area contributed by atoms with Crippen LogP contribution in [0.25, 0.3) is 22.6 Å². The van der Waals surface area contributed by atoms with Crippen molar-refractivity contribution >= 4 is 0 Å². The summed E-state index contributed by atoms with van der Waals surface area (Å²) < 4.78 is 6.85. The zero-order chi connectivity index (χ0) is 31.1. The standard InChI is InChI=1S/C38H42N2O.CH5N/c1-24(2)31-20-14-15-21-32(25(3)4)35(31)39-36(33-27(6)22-26(5)23-28(33)7)38-40-34(29-16-10-8-11-17-29)37(41-38)30-18-12-9-13-19-30;1-2/h8-20,22-25,36,39H,21H2,1-7H3;2H2,1H3. The van der Waals surface area contributed by atoms with Crippen LogP contribution in [-0.4, -0.2) is 12.0 Å². The van der Waals surface area contributed by atoms with E-state index < -0.39 is 0 Å². The van der Waals surface area contributed by atoms with Crippen LogP contribution >= 0.6 is 0 Å². The lowest BCUT2D eigenvalue weighted by Gasteiger charge is -2.28. The molecule has 3 N–H and O–H groups in total. The van der Waals surface area contributed by atoms with Crippen LogP contribution in [0.1, 0.15) is 68.3 Å². The second-order valence-corrected chi connectivity index (χ2v) is 11.8. The van der Waals surface area contributed by atoms with Gasteiger partial charge in [-0.1, -0.05) is 124 Å². The second-order valence-electron chi connectivity index (χ2n) is 11.8. The van der Waals surface area contributed by atoms with Crippen molar-refractivity contribution in [3.63, 3.8) is 0 Å². The topological polar surface area (TPSA) is 64.1 Å². The number of hydrogen-bond acceptors (Lipinski definition) is 4. The molecule has 0 bridgehead atoms. The number of nitrogens with two attached hydrogens (primary N) is 1. The average Bonchev–Trinajstić information content (AvgIpc) is 3.32. The predicted octanol–water partition coefficient (Wildman–Crippen LogP) is 9.64. The highest BCUT2D eigenvalue weighted by atomic mass is 16.4. The molecule has 1 heterocycles. The summed E-state index contributed by atoms with van der Waals surface area (Å²) in [6.45, 7) is 15.7. The largest absolute Gasteiger partial charge is 0.437 e. The third kappa shape index (κ3) is 7.09. The molecule has 0 spiro atoms. The summed E-state index contributed by atoms with van der Waals surface area (Å²) in [6, 6.07) is 25.0. The molecule has 224 valence electrons. The summed E-state index contributed by atoms with van der Waals surface area (Å²) in [5.41, 5.74) is 16.3. The Morgan fingerprint density at radius 3 is 1.93 bits per heavy atom. The number of aromatic nitrogens is 1. The lowest BCUT2D eigenvalue weighted by Crippen LogP contribution is -2.28. The smallest absolute Gasteiger partial charge is 0.222 e. The molecule has 4 heteroatoms. The highest BCUT2D eigenvalue weighted by Crippen LogP contribution is 2.39. The van der Waals surface area contributed by atoms with Crippen LogP contribution in [0.3, 0.4) is 0 Å². The van der Waals surface area contributed by atoms with Crippen molar-refractivity contribution in [1.82, 2.24) is 10.3 Å². The molecule has 1 unspecified atom stereocenters. The minimum absolute atomic E-state index is 0.264. The van der Waals surface area contributed by atoms with Crippen LogP contribution in [0.15, 0.2) is 112 Å². The van der Waals surface area contributed by atoms with Crippen molar-refractivity contribution in [2.75, 3.05) is 7.05 Å². The zero-order valence-corrected chi connectivity index (χ0v) is 27.0. The van der Waals surface area contributed by atoms with Gasteiger partial charge in [0, 0.05) is 16.8 Å². The summed E-state index contributed by atoms with van der Waals surface area (Å²) in [6.07, 6.45) is 7.67. The number of oxazole rings is 1. The van der Waals surface area contributed by atoms with E-state index in [-0.39, 0.29) is 6.04 Å². The lowest BCUT2D eigenvalue weighted by molar-refractivity contribution is 0.452. The maximum atomic E-state index is 6.85. The lowest BCUT2D eigenvalue weighted by atomic mass is 9.89. The molecule has 0 saturated carbocycles. The quantitative estimate of drug-likeness (QED) is 0.220. The Morgan fingerprint density at radius 1 is 0.791 bits per heavy atom. The maximum Gasteiger partial charge on any atom is 0.222 e. The van der Waals surface area contributed by atoms with Crippen molar-refractivity contribution < 1.29 is 4.42 Å². The molecule has 0 amide bonds. The molecule has 0 fully saturated rings. The van der Waals surface area contributed by atoms with Gasteiger partial charge in [0.2, 0.25) is 5.89 Å². The summed E-state index contributed by atoms with van der Waals surface area (Å²) >= 11 is 0. The van der Waals surface area contributed by atoms with Gasteiger partial charge in [0.05, 0.1) is 0 Å². The molecule has 1 aliphatic carbocycles. The molecule has 0 radical (unpaired) electrons. The third-order valence-electron chi connectivity index (χ3n) is 7.97. The Labute approximate surface area is 258 Å². The van der Waals surface area contributed by atoms with E-state index in [1.54, 1.807) is 0 Å². The van der Waals surface area contributed by atoms with Gasteiger partial charge in [-0.25, -0.2) is 4.98 Å². The van der Waals surface area contributed by atoms with E-state index in [9.17, 15) is 0 Å². The predicted molar refractivity (Wildman–Crippen MR) is 182 cm³/mol. The van der Waals surface area contributed by atoms with Crippen molar-refractivity contribution in [3.8, 4) is 22.6 Å². The molecule has 1 aromatic heterocycles. The summed E-state index contributed by atoms with van der Waals surface area (Å²) in [7, 11) is 1.50. The van der Waals surface area contributed by atoms with E-state index in [2.05, 4.69) is 126 Å². The minimum Gasteiger partial charge on any atom is -0.437 e. The average molecular weight is 574 g/mol. The molecule has 1 atom stereocenters. The number of benzene rings is 3. The van der Waals surface area contributed by atoms with E-state index in [0.29, 0.717) is 17.7 Å². The van der Waals surface area contributed by atoms with Crippen LogP contribution in [0.2, 0.25) is 0 Å². The van der Waals surface area contributed by atoms with E-state index in [1.807, 2.05) is 24.3 Å². The number of aryl methyl sites for hydroxylation is 3. The molecule has 43 heavy (non-hydrogen) atoms. The van der Waals surface area contributed by atoms with Gasteiger partial charge in [0.15, 0.2) is 5.76 Å². The molecule has 4 nitrogen and oxygen atoms in total. The van der Waals surface area contributed by atoms with Gasteiger partial charge < -0.3 is 15.5 Å². The molecular formula is C39H47N3O. The zero-order valence-electron chi connectivity index (χ0n) is 27.0. The molecule has 4 aromatic rings. The van der Waals surface area contributed by atoms with Crippen molar-refractivity contribution in [1.29, 1.82) is 0 Å². The van der Waals surface area contributed by atoms with Crippen LogP contribution in [0.5, 0.6) is 0 Å². The van der Waals surface area contributed by atoms with Crippen LogP contribution in [-0.2, 0) is 0 Å². The molecule has 1 aliphatic rings. The van der Waals surface area contributed by atoms with Crippen molar-refractivity contribution in [3.05, 3.63) is 136 Å². The molecule has 5 rings (SSSR count). The van der Waals surface area contributed by atoms with E-state index in [4.69, 9.17) is 9.40 Å². The van der Waals surface area contributed by atoms with Crippen LogP contribution < -0.4 is 11.1 Å². The number of hydrogen-bond donors (Lipinski definition) is 2. The van der Waals surface area contributed by atoms with Crippen molar-refractivity contribution in [2.24, 2.45) is 17.6 Å². The second kappa shape index (κ2) is 14.3. The summed E-state index contributed by atoms with van der Waals surface area (Å²) in [5, 5.41) is 4.05. The van der Waals surface area contributed by atoms with Crippen molar-refractivity contribution in [2.45, 2.75) is 60.9 Å². The van der Waals surface area contributed by atoms with Gasteiger partial charge in [0.25, 0.3) is 0 Å². The number of nitrogens with zero attached hydrogens (tertiary/aromatic N) is 1. The monoisotopic (exact) mass is 573 g/mol. The van der Waals surface area contributed by atoms with Gasteiger partial charge in [-0.2, -0.15) is 0 Å². The van der Waals surface area contributed by atoms with Gasteiger partial charge in [0.1, 0.15) is 11.7 Å².